The van der Waals surface area contributed by atoms with Crippen LogP contribution in [0.2, 0.25) is 0 Å². The van der Waals surface area contributed by atoms with Gasteiger partial charge in [0.1, 0.15) is 5.54 Å². The number of carboxylic acids is 1. The molecule has 0 fully saturated rings. The average molecular weight is 278 g/mol. The molecule has 0 bridgehead atoms. The largest absolute Gasteiger partial charge is 0.480 e. The van der Waals surface area contributed by atoms with Gasteiger partial charge in [0.05, 0.1) is 0 Å². The summed E-state index contributed by atoms with van der Waals surface area (Å²) < 4.78 is 1.14. The summed E-state index contributed by atoms with van der Waals surface area (Å²) in [6.45, 7) is 2.86. The topological polar surface area (TPSA) is 78.4 Å². The van der Waals surface area contributed by atoms with E-state index in [1.807, 2.05) is 23.6 Å². The Morgan fingerprint density at radius 2 is 2.00 bits per heavy atom. The molecule has 3 N–H and O–H groups in total. The van der Waals surface area contributed by atoms with Crippen molar-refractivity contribution in [3.05, 3.63) is 29.6 Å². The molecule has 6 heteroatoms. The minimum Gasteiger partial charge on any atom is -0.480 e. The average Bonchev–Trinajstić information content (AvgIpc) is 2.74. The zero-order valence-corrected chi connectivity index (χ0v) is 11.4. The second kappa shape index (κ2) is 4.89. The molecule has 19 heavy (non-hydrogen) atoms. The van der Waals surface area contributed by atoms with Crippen molar-refractivity contribution >= 4 is 39.1 Å². The molecule has 0 spiro atoms. The number of fused-ring (bicyclic) bond motifs is 1. The van der Waals surface area contributed by atoms with Gasteiger partial charge in [-0.25, -0.2) is 9.59 Å². The van der Waals surface area contributed by atoms with Crippen LogP contribution in [0, 0.1) is 0 Å². The maximum Gasteiger partial charge on any atom is 0.328 e. The van der Waals surface area contributed by atoms with Gasteiger partial charge in [0.15, 0.2) is 0 Å². The molecular weight excluding hydrogens is 264 g/mol. The summed E-state index contributed by atoms with van der Waals surface area (Å²) in [5, 5.41) is 17.0. The third-order valence-electron chi connectivity index (χ3n) is 2.67. The lowest BCUT2D eigenvalue weighted by atomic mass is 10.1. The van der Waals surface area contributed by atoms with Gasteiger partial charge in [-0.05, 0) is 48.9 Å². The number of carboxylic acid groups (broad SMARTS) is 1. The van der Waals surface area contributed by atoms with E-state index in [0.29, 0.717) is 5.69 Å². The van der Waals surface area contributed by atoms with E-state index in [4.69, 9.17) is 5.11 Å². The van der Waals surface area contributed by atoms with E-state index in [1.54, 1.807) is 17.4 Å². The van der Waals surface area contributed by atoms with E-state index in [0.717, 1.165) is 10.1 Å². The molecule has 0 saturated heterocycles. The minimum atomic E-state index is -1.31. The molecule has 2 aromatic rings. The number of thiophene rings is 1. The van der Waals surface area contributed by atoms with E-state index in [1.165, 1.54) is 13.8 Å². The van der Waals surface area contributed by atoms with Gasteiger partial charge in [0, 0.05) is 10.4 Å². The Kier molecular flexibility index (Phi) is 3.44. The maximum absolute atomic E-state index is 11.7. The van der Waals surface area contributed by atoms with Crippen molar-refractivity contribution in [1.29, 1.82) is 0 Å². The number of hydrogen-bond donors (Lipinski definition) is 3. The van der Waals surface area contributed by atoms with E-state index in [-0.39, 0.29) is 0 Å². The molecule has 0 aliphatic heterocycles. The first kappa shape index (κ1) is 13.4. The molecule has 2 rings (SSSR count). The highest BCUT2D eigenvalue weighted by atomic mass is 32.1. The van der Waals surface area contributed by atoms with E-state index < -0.39 is 17.5 Å². The Morgan fingerprint density at radius 3 is 2.68 bits per heavy atom. The van der Waals surface area contributed by atoms with Crippen molar-refractivity contribution in [3.63, 3.8) is 0 Å². The predicted molar refractivity (Wildman–Crippen MR) is 75.7 cm³/mol. The Morgan fingerprint density at radius 1 is 1.26 bits per heavy atom. The lowest BCUT2D eigenvalue weighted by molar-refractivity contribution is -0.142. The van der Waals surface area contributed by atoms with Crippen molar-refractivity contribution in [3.8, 4) is 0 Å². The standard InChI is InChI=1S/C13H14N2O3S/c1-13(2,11(16)17)15-12(18)14-9-3-4-10-8(7-9)5-6-19-10/h3-7H,1-2H3,(H,16,17)(H2,14,15,18). The van der Waals surface area contributed by atoms with Crippen molar-refractivity contribution < 1.29 is 14.7 Å². The molecule has 0 radical (unpaired) electrons. The number of nitrogens with one attached hydrogen (secondary N) is 2. The van der Waals surface area contributed by atoms with Crippen molar-refractivity contribution in [2.45, 2.75) is 19.4 Å². The monoisotopic (exact) mass is 278 g/mol. The Bertz CT molecular complexity index is 634. The molecule has 5 nitrogen and oxygen atoms in total. The number of amides is 2. The molecule has 0 unspecified atom stereocenters. The van der Waals surface area contributed by atoms with Gasteiger partial charge < -0.3 is 15.7 Å². The van der Waals surface area contributed by atoms with Crippen LogP contribution in [0.1, 0.15) is 13.8 Å². The molecule has 1 aromatic heterocycles. The normalized spacial score (nSPS) is 11.3. The molecular formula is C13H14N2O3S. The highest BCUT2D eigenvalue weighted by Gasteiger charge is 2.28. The van der Waals surface area contributed by atoms with Crippen molar-refractivity contribution in [1.82, 2.24) is 5.32 Å². The van der Waals surface area contributed by atoms with Gasteiger partial charge in [-0.3, -0.25) is 0 Å². The third kappa shape index (κ3) is 3.03. The first-order valence-corrected chi connectivity index (χ1v) is 6.56. The SMILES string of the molecule is CC(C)(NC(=O)Nc1ccc2sccc2c1)C(=O)O. The van der Waals surface area contributed by atoms with Crippen LogP contribution in [0.3, 0.4) is 0 Å². The molecule has 1 aromatic carbocycles. The second-order valence-electron chi connectivity index (χ2n) is 4.68. The number of urea groups is 1. The highest BCUT2D eigenvalue weighted by molar-refractivity contribution is 7.17. The lowest BCUT2D eigenvalue weighted by Gasteiger charge is -2.21. The Labute approximate surface area is 114 Å². The van der Waals surface area contributed by atoms with Crippen LogP contribution in [-0.2, 0) is 4.79 Å². The fourth-order valence-electron chi connectivity index (χ4n) is 1.54. The molecule has 0 saturated carbocycles. The van der Waals surface area contributed by atoms with Gasteiger partial charge in [-0.1, -0.05) is 0 Å². The summed E-state index contributed by atoms with van der Waals surface area (Å²) in [6.07, 6.45) is 0. The third-order valence-corrected chi connectivity index (χ3v) is 3.57. The number of carbonyl (C=O) groups excluding carboxylic acids is 1. The van der Waals surface area contributed by atoms with E-state index >= 15 is 0 Å². The van der Waals surface area contributed by atoms with Crippen LogP contribution in [0.25, 0.3) is 10.1 Å². The van der Waals surface area contributed by atoms with E-state index in [9.17, 15) is 9.59 Å². The van der Waals surface area contributed by atoms with Crippen LogP contribution in [-0.4, -0.2) is 22.6 Å². The van der Waals surface area contributed by atoms with Crippen LogP contribution in [0.5, 0.6) is 0 Å². The summed E-state index contributed by atoms with van der Waals surface area (Å²) in [7, 11) is 0. The number of rotatable bonds is 3. The van der Waals surface area contributed by atoms with Gasteiger partial charge in [-0.2, -0.15) is 0 Å². The molecule has 1 heterocycles. The number of hydrogen-bond acceptors (Lipinski definition) is 3. The summed E-state index contributed by atoms with van der Waals surface area (Å²) in [5.41, 5.74) is -0.680. The number of benzene rings is 1. The zero-order valence-electron chi connectivity index (χ0n) is 10.6. The predicted octanol–water partition coefficient (Wildman–Crippen LogP) is 2.89. The molecule has 0 aliphatic carbocycles. The molecule has 0 atom stereocenters. The lowest BCUT2D eigenvalue weighted by Crippen LogP contribution is -2.51. The van der Waals surface area contributed by atoms with Crippen LogP contribution in [0.15, 0.2) is 29.6 Å². The number of carbonyl (C=O) groups is 2. The number of anilines is 1. The highest BCUT2D eigenvalue weighted by Crippen LogP contribution is 2.23. The second-order valence-corrected chi connectivity index (χ2v) is 5.63. The van der Waals surface area contributed by atoms with Gasteiger partial charge in [-0.15, -0.1) is 11.3 Å². The fraction of sp³-hybridized carbons (Fsp3) is 0.231. The minimum absolute atomic E-state index is 0.540. The number of aliphatic carboxylic acids is 1. The summed E-state index contributed by atoms with van der Waals surface area (Å²) in [6, 6.07) is 6.97. The van der Waals surface area contributed by atoms with E-state index in [2.05, 4.69) is 10.6 Å². The summed E-state index contributed by atoms with van der Waals surface area (Å²) >= 11 is 1.62. The first-order chi connectivity index (χ1) is 8.88. The van der Waals surface area contributed by atoms with Crippen molar-refractivity contribution in [2.75, 3.05) is 5.32 Å². The quantitative estimate of drug-likeness (QED) is 0.807. The van der Waals surface area contributed by atoms with Gasteiger partial charge >= 0.3 is 12.0 Å². The molecule has 2 amide bonds. The Hall–Kier alpha value is -2.08. The first-order valence-electron chi connectivity index (χ1n) is 5.68. The summed E-state index contributed by atoms with van der Waals surface area (Å²) in [5.74, 6) is -1.09. The van der Waals surface area contributed by atoms with Crippen molar-refractivity contribution in [2.24, 2.45) is 0 Å². The van der Waals surface area contributed by atoms with Crippen LogP contribution in [0.4, 0.5) is 10.5 Å². The van der Waals surface area contributed by atoms with Gasteiger partial charge in [0.2, 0.25) is 0 Å². The van der Waals surface area contributed by atoms with Crippen LogP contribution < -0.4 is 10.6 Å². The Balaban J connectivity index is 2.08. The molecule has 0 aliphatic rings. The van der Waals surface area contributed by atoms with Crippen LogP contribution >= 0.6 is 11.3 Å². The zero-order chi connectivity index (χ0) is 14.0. The fourth-order valence-corrected chi connectivity index (χ4v) is 2.31. The summed E-state index contributed by atoms with van der Waals surface area (Å²) in [4.78, 5) is 22.6. The van der Waals surface area contributed by atoms with Gasteiger partial charge in [0.25, 0.3) is 0 Å². The maximum atomic E-state index is 11.7. The smallest absolute Gasteiger partial charge is 0.328 e. The molecule has 100 valence electrons.